The Hall–Kier alpha value is -4.60. The van der Waals surface area contributed by atoms with Crippen molar-refractivity contribution in [2.24, 2.45) is 7.05 Å². The summed E-state index contributed by atoms with van der Waals surface area (Å²) in [4.78, 5) is 40.7. The van der Waals surface area contributed by atoms with E-state index in [-0.39, 0.29) is 23.5 Å². The summed E-state index contributed by atoms with van der Waals surface area (Å²) in [6.07, 6.45) is 7.15. The van der Waals surface area contributed by atoms with E-state index in [1.165, 1.54) is 0 Å². The van der Waals surface area contributed by atoms with Gasteiger partial charge in [0.2, 0.25) is 5.91 Å². The third-order valence-electron chi connectivity index (χ3n) is 7.01. The lowest BCUT2D eigenvalue weighted by Crippen LogP contribution is -2.36. The summed E-state index contributed by atoms with van der Waals surface area (Å²) < 4.78 is 3.51. The average molecular weight is 529 g/mol. The van der Waals surface area contributed by atoms with Gasteiger partial charge >= 0.3 is 0 Å². The van der Waals surface area contributed by atoms with Crippen molar-refractivity contribution in [3.05, 3.63) is 77.7 Å². The van der Waals surface area contributed by atoms with Crippen molar-refractivity contribution in [1.82, 2.24) is 29.7 Å². The Morgan fingerprint density at radius 3 is 2.64 bits per heavy atom. The first kappa shape index (κ1) is 26.0. The van der Waals surface area contributed by atoms with E-state index in [4.69, 9.17) is 0 Å². The molecule has 0 spiro atoms. The van der Waals surface area contributed by atoms with Crippen molar-refractivity contribution in [2.75, 3.05) is 26.2 Å². The van der Waals surface area contributed by atoms with Gasteiger partial charge < -0.3 is 25.2 Å². The second-order valence-corrected chi connectivity index (χ2v) is 9.77. The summed E-state index contributed by atoms with van der Waals surface area (Å²) in [7, 11) is 1.86. The zero-order valence-electron chi connectivity index (χ0n) is 21.9. The molecule has 2 aromatic carbocycles. The monoisotopic (exact) mass is 528 g/mol. The van der Waals surface area contributed by atoms with Gasteiger partial charge in [0.05, 0.1) is 6.20 Å². The van der Waals surface area contributed by atoms with Crippen LogP contribution >= 0.6 is 0 Å². The maximum absolute atomic E-state index is 13.5. The maximum atomic E-state index is 13.5. The van der Waals surface area contributed by atoms with Gasteiger partial charge in [-0.15, -0.1) is 0 Å². The molecule has 0 aliphatic carbocycles. The van der Waals surface area contributed by atoms with Crippen molar-refractivity contribution in [2.45, 2.75) is 25.7 Å². The molecule has 202 valence electrons. The van der Waals surface area contributed by atoms with Gasteiger partial charge in [0.15, 0.2) is 0 Å². The molecule has 4 bridgehead atoms. The molecule has 0 radical (unpaired) electrons. The van der Waals surface area contributed by atoms with E-state index in [0.29, 0.717) is 74.2 Å². The van der Waals surface area contributed by atoms with Crippen molar-refractivity contribution in [1.29, 1.82) is 0 Å². The molecule has 1 aliphatic rings. The van der Waals surface area contributed by atoms with Crippen LogP contribution in [-0.4, -0.2) is 68.1 Å². The van der Waals surface area contributed by atoms with Gasteiger partial charge in [-0.3, -0.25) is 14.4 Å². The van der Waals surface area contributed by atoms with Crippen molar-refractivity contribution >= 4 is 23.4 Å². The summed E-state index contributed by atoms with van der Waals surface area (Å²) in [6.45, 7) is 1.66. The molecule has 0 unspecified atom stereocenters. The van der Waals surface area contributed by atoms with Crippen LogP contribution < -0.4 is 10.6 Å². The second-order valence-electron chi connectivity index (χ2n) is 9.77. The van der Waals surface area contributed by atoms with Crippen LogP contribution in [0.4, 0.5) is 0 Å². The molecule has 0 saturated carbocycles. The smallest absolute Gasteiger partial charge is 0.259 e. The molecule has 0 saturated heterocycles. The van der Waals surface area contributed by atoms with Gasteiger partial charge in [-0.25, -0.2) is 4.52 Å². The molecule has 3 N–H and O–H groups in total. The summed E-state index contributed by atoms with van der Waals surface area (Å²) in [6, 6.07) is 12.5. The highest BCUT2D eigenvalue weighted by Crippen LogP contribution is 2.31. The number of amides is 3. The van der Waals surface area contributed by atoms with Gasteiger partial charge in [0.1, 0.15) is 17.0 Å². The first-order valence-electron chi connectivity index (χ1n) is 13.2. The van der Waals surface area contributed by atoms with Crippen LogP contribution in [0.3, 0.4) is 0 Å². The molecule has 10 nitrogen and oxygen atoms in total. The van der Waals surface area contributed by atoms with Crippen LogP contribution in [0.15, 0.2) is 61.1 Å². The Morgan fingerprint density at radius 2 is 1.77 bits per heavy atom. The van der Waals surface area contributed by atoms with E-state index in [9.17, 15) is 19.5 Å². The summed E-state index contributed by atoms with van der Waals surface area (Å²) in [5.74, 6) is -0.326. The quantitative estimate of drug-likeness (QED) is 0.351. The number of carbonyl (C=O) groups is 3. The van der Waals surface area contributed by atoms with Crippen LogP contribution in [0.25, 0.3) is 16.8 Å². The molecule has 3 heterocycles. The SMILES string of the molecule is Cn1ccn2ncc(C(=O)N3CCCNC(=O)c4cccc(c4)-c4cc(ccc4O)CCNC(=O)CCC3)c12. The zero-order chi connectivity index (χ0) is 27.4. The average Bonchev–Trinajstić information content (AvgIpc) is 3.53. The number of nitrogens with zero attached hydrogens (tertiary/aromatic N) is 4. The minimum atomic E-state index is -0.222. The number of aryl methyl sites for hydroxylation is 1. The zero-order valence-corrected chi connectivity index (χ0v) is 21.9. The number of aromatic hydroxyl groups is 1. The van der Waals surface area contributed by atoms with E-state index >= 15 is 0 Å². The highest BCUT2D eigenvalue weighted by Gasteiger charge is 2.22. The lowest BCUT2D eigenvalue weighted by atomic mass is 9.98. The second kappa shape index (κ2) is 11.4. The highest BCUT2D eigenvalue weighted by atomic mass is 16.3. The van der Waals surface area contributed by atoms with Crippen LogP contribution in [0, 0.1) is 0 Å². The molecule has 0 fully saturated rings. The minimum Gasteiger partial charge on any atom is -0.507 e. The standard InChI is InChI=1S/C29H32N6O4/c1-33-15-16-35-28(33)24(19-32-35)29(39)34-13-3-7-26(37)30-12-10-20-8-9-25(36)23(17-20)21-5-2-6-22(18-21)27(38)31-11-4-14-34/h2,5-6,8-9,15-19,36H,3-4,7,10-14H2,1H3,(H,30,37)(H,31,38). The number of hydrogen-bond donors (Lipinski definition) is 3. The largest absolute Gasteiger partial charge is 0.507 e. The number of nitrogens with one attached hydrogen (secondary N) is 2. The van der Waals surface area contributed by atoms with Crippen LogP contribution in [0.1, 0.15) is 45.5 Å². The van der Waals surface area contributed by atoms with Crippen molar-refractivity contribution < 1.29 is 19.5 Å². The normalized spacial score (nSPS) is 15.7. The van der Waals surface area contributed by atoms with Crippen LogP contribution in [0.5, 0.6) is 5.75 Å². The third kappa shape index (κ3) is 5.79. The summed E-state index contributed by atoms with van der Waals surface area (Å²) >= 11 is 0. The Labute approximate surface area is 226 Å². The van der Waals surface area contributed by atoms with Gasteiger partial charge in [-0.05, 0) is 54.7 Å². The molecular formula is C29H32N6O4. The maximum Gasteiger partial charge on any atom is 0.259 e. The van der Waals surface area contributed by atoms with Crippen LogP contribution in [-0.2, 0) is 18.3 Å². The number of phenolic OH excluding ortho intramolecular Hbond substituents is 1. The molecule has 4 aromatic rings. The lowest BCUT2D eigenvalue weighted by Gasteiger charge is -2.22. The Kier molecular flexibility index (Phi) is 7.62. The molecule has 0 atom stereocenters. The Balaban J connectivity index is 1.36. The third-order valence-corrected chi connectivity index (χ3v) is 7.01. The van der Waals surface area contributed by atoms with Gasteiger partial charge in [-0.1, -0.05) is 18.2 Å². The molecule has 3 amide bonds. The van der Waals surface area contributed by atoms with E-state index in [1.807, 2.05) is 36.0 Å². The predicted molar refractivity (Wildman–Crippen MR) is 147 cm³/mol. The number of aromatic nitrogens is 3. The molecule has 5 rings (SSSR count). The first-order valence-corrected chi connectivity index (χ1v) is 13.2. The lowest BCUT2D eigenvalue weighted by molar-refractivity contribution is -0.121. The molecular weight excluding hydrogens is 496 g/mol. The van der Waals surface area contributed by atoms with E-state index in [2.05, 4.69) is 15.7 Å². The summed E-state index contributed by atoms with van der Waals surface area (Å²) in [5.41, 5.74) is 4.01. The molecule has 1 aliphatic heterocycles. The van der Waals surface area contributed by atoms with E-state index < -0.39 is 0 Å². The van der Waals surface area contributed by atoms with Crippen molar-refractivity contribution in [3.63, 3.8) is 0 Å². The van der Waals surface area contributed by atoms with Crippen molar-refractivity contribution in [3.8, 4) is 16.9 Å². The first-order chi connectivity index (χ1) is 18.9. The molecule has 2 aromatic heterocycles. The van der Waals surface area contributed by atoms with E-state index in [1.54, 1.807) is 46.1 Å². The van der Waals surface area contributed by atoms with Gasteiger partial charge in [0.25, 0.3) is 11.8 Å². The number of rotatable bonds is 1. The fourth-order valence-electron chi connectivity index (χ4n) is 4.92. The highest BCUT2D eigenvalue weighted by molar-refractivity contribution is 6.00. The number of fused-ring (bicyclic) bond motifs is 6. The number of imidazole rings is 1. The predicted octanol–water partition coefficient (Wildman–Crippen LogP) is 2.76. The Bertz CT molecular complexity index is 1520. The van der Waals surface area contributed by atoms with E-state index in [0.717, 1.165) is 11.1 Å². The van der Waals surface area contributed by atoms with Crippen LogP contribution in [0.2, 0.25) is 0 Å². The number of hydrogen-bond acceptors (Lipinski definition) is 5. The number of benzene rings is 2. The minimum absolute atomic E-state index is 0.0744. The molecule has 10 heteroatoms. The molecule has 39 heavy (non-hydrogen) atoms. The topological polar surface area (TPSA) is 121 Å². The fourth-order valence-corrected chi connectivity index (χ4v) is 4.92. The fraction of sp³-hybridized carbons (Fsp3) is 0.310. The van der Waals surface area contributed by atoms with Gasteiger partial charge in [0, 0.05) is 63.2 Å². The number of phenols is 1. The van der Waals surface area contributed by atoms with Gasteiger partial charge in [-0.2, -0.15) is 5.10 Å². The Morgan fingerprint density at radius 1 is 0.949 bits per heavy atom. The summed E-state index contributed by atoms with van der Waals surface area (Å²) in [5, 5.41) is 20.7. The number of carbonyl (C=O) groups excluding carboxylic acids is 3.